The van der Waals surface area contributed by atoms with E-state index in [1.807, 2.05) is 6.92 Å². The smallest absolute Gasteiger partial charge is 0.0582 e. The van der Waals surface area contributed by atoms with Crippen LogP contribution in [0.3, 0.4) is 0 Å². The molecule has 1 unspecified atom stereocenters. The van der Waals surface area contributed by atoms with E-state index >= 15 is 0 Å². The van der Waals surface area contributed by atoms with Crippen LogP contribution in [0.5, 0.6) is 0 Å². The Morgan fingerprint density at radius 2 is 2.38 bits per heavy atom. The van der Waals surface area contributed by atoms with Gasteiger partial charge in [0.05, 0.1) is 6.10 Å². The minimum atomic E-state index is -0.197. The van der Waals surface area contributed by atoms with Gasteiger partial charge in [-0.3, -0.25) is 0 Å². The van der Waals surface area contributed by atoms with Crippen molar-refractivity contribution in [1.29, 1.82) is 0 Å². The maximum absolute atomic E-state index is 8.95. The molecule has 0 aromatic heterocycles. The first-order valence-electron chi connectivity index (χ1n) is 2.93. The summed E-state index contributed by atoms with van der Waals surface area (Å²) in [6.07, 6.45) is 2.36. The van der Waals surface area contributed by atoms with E-state index in [9.17, 15) is 0 Å². The quantitative estimate of drug-likeness (QED) is 0.585. The van der Waals surface area contributed by atoms with Gasteiger partial charge < -0.3 is 5.11 Å². The molecule has 0 heterocycles. The van der Waals surface area contributed by atoms with Gasteiger partial charge in [0.2, 0.25) is 0 Å². The molecule has 0 aliphatic carbocycles. The second-order valence-corrected chi connectivity index (χ2v) is 2.18. The Labute approximate surface area is 55.7 Å². The Morgan fingerprint density at radius 1 is 1.75 bits per heavy atom. The largest absolute Gasteiger partial charge is 0.393 e. The molecule has 1 N–H and O–H groups in total. The molecule has 0 rings (SSSR count). The molecule has 48 valence electrons. The first kappa shape index (κ1) is 8.05. The summed E-state index contributed by atoms with van der Waals surface area (Å²) in [5, 5.41) is 10.5. The molecular formula is C6H12OS. The monoisotopic (exact) mass is 132 g/mol. The van der Waals surface area contributed by atoms with Gasteiger partial charge in [-0.1, -0.05) is 25.6 Å². The molecule has 0 aliphatic heterocycles. The average Bonchev–Trinajstić information content (AvgIpc) is 1.68. The second-order valence-electron chi connectivity index (χ2n) is 1.84. The Bertz CT molecular complexity index is 63.5. The summed E-state index contributed by atoms with van der Waals surface area (Å²) in [5.74, 6) is 0. The Kier molecular flexibility index (Phi) is 5.22. The first-order valence-corrected chi connectivity index (χ1v) is 3.40. The zero-order valence-corrected chi connectivity index (χ0v) is 5.95. The van der Waals surface area contributed by atoms with Crippen LogP contribution in [0, 0.1) is 0 Å². The topological polar surface area (TPSA) is 20.2 Å². The highest BCUT2D eigenvalue weighted by Crippen LogP contribution is 1.97. The Morgan fingerprint density at radius 3 is 2.75 bits per heavy atom. The molecule has 0 aliphatic rings. The number of hydrogen-bond acceptors (Lipinski definition) is 2. The molecule has 0 radical (unpaired) electrons. The van der Waals surface area contributed by atoms with Crippen molar-refractivity contribution in [2.45, 2.75) is 32.3 Å². The van der Waals surface area contributed by atoms with Crippen molar-refractivity contribution in [3.05, 3.63) is 0 Å². The number of aliphatic hydroxyl groups is 1. The van der Waals surface area contributed by atoms with Crippen LogP contribution in [0.2, 0.25) is 0 Å². The van der Waals surface area contributed by atoms with Crippen molar-refractivity contribution in [3.63, 3.8) is 0 Å². The lowest BCUT2D eigenvalue weighted by Gasteiger charge is -2.02. The molecule has 0 aromatic rings. The molecule has 0 bridgehead atoms. The van der Waals surface area contributed by atoms with Crippen LogP contribution < -0.4 is 0 Å². The third-order valence-corrected chi connectivity index (χ3v) is 1.18. The zero-order chi connectivity index (χ0) is 6.41. The number of rotatable bonds is 4. The predicted octanol–water partition coefficient (Wildman–Crippen LogP) is 1.54. The van der Waals surface area contributed by atoms with Gasteiger partial charge >= 0.3 is 0 Å². The average molecular weight is 132 g/mol. The van der Waals surface area contributed by atoms with Crippen molar-refractivity contribution < 1.29 is 5.11 Å². The number of thiocarbonyl (C=S) groups is 1. The van der Waals surface area contributed by atoms with Gasteiger partial charge in [-0.2, -0.15) is 0 Å². The van der Waals surface area contributed by atoms with Gasteiger partial charge in [-0.15, -0.1) is 0 Å². The lowest BCUT2D eigenvalue weighted by molar-refractivity contribution is 0.173. The number of hydrogen-bond donors (Lipinski definition) is 1. The van der Waals surface area contributed by atoms with Crippen molar-refractivity contribution in [2.24, 2.45) is 0 Å². The lowest BCUT2D eigenvalue weighted by atomic mass is 10.2. The van der Waals surface area contributed by atoms with Gasteiger partial charge in [0.1, 0.15) is 0 Å². The maximum atomic E-state index is 8.95. The molecule has 0 saturated heterocycles. The Hall–Kier alpha value is 0.0500. The zero-order valence-electron chi connectivity index (χ0n) is 5.13. The van der Waals surface area contributed by atoms with Crippen LogP contribution in [0.15, 0.2) is 0 Å². The molecule has 2 heteroatoms. The molecule has 1 nitrogen and oxygen atoms in total. The summed E-state index contributed by atoms with van der Waals surface area (Å²) in [6.45, 7) is 2.05. The summed E-state index contributed by atoms with van der Waals surface area (Å²) < 4.78 is 0. The highest BCUT2D eigenvalue weighted by atomic mass is 32.1. The minimum absolute atomic E-state index is 0.197. The highest BCUT2D eigenvalue weighted by Gasteiger charge is 1.96. The summed E-state index contributed by atoms with van der Waals surface area (Å²) in [5.41, 5.74) is 0. The third kappa shape index (κ3) is 4.22. The summed E-state index contributed by atoms with van der Waals surface area (Å²) in [6, 6.07) is 0. The molecule has 0 amide bonds. The van der Waals surface area contributed by atoms with E-state index in [2.05, 4.69) is 12.2 Å². The molecule has 1 atom stereocenters. The fraction of sp³-hybridized carbons (Fsp3) is 0.833. The van der Waals surface area contributed by atoms with Crippen LogP contribution in [0.4, 0.5) is 0 Å². The van der Waals surface area contributed by atoms with E-state index in [1.165, 1.54) is 0 Å². The summed E-state index contributed by atoms with van der Waals surface area (Å²) >= 11 is 4.56. The van der Waals surface area contributed by atoms with Crippen LogP contribution in [0.1, 0.15) is 26.2 Å². The Balaban J connectivity index is 3.03. The van der Waals surface area contributed by atoms with E-state index in [0.717, 1.165) is 12.8 Å². The minimum Gasteiger partial charge on any atom is -0.393 e. The lowest BCUT2D eigenvalue weighted by Crippen LogP contribution is -2.04. The van der Waals surface area contributed by atoms with E-state index in [0.29, 0.717) is 6.42 Å². The van der Waals surface area contributed by atoms with Crippen molar-refractivity contribution >= 4 is 17.6 Å². The van der Waals surface area contributed by atoms with Crippen LogP contribution in [-0.4, -0.2) is 16.6 Å². The van der Waals surface area contributed by atoms with Gasteiger partial charge in [-0.25, -0.2) is 0 Å². The predicted molar refractivity (Wildman–Crippen MR) is 39.2 cm³/mol. The molecule has 0 aromatic carbocycles. The summed E-state index contributed by atoms with van der Waals surface area (Å²) in [4.78, 5) is 0. The SMILES string of the molecule is CCCC(O)CC=S. The fourth-order valence-corrected chi connectivity index (χ4v) is 0.784. The second kappa shape index (κ2) is 5.19. The standard InChI is InChI=1S/C6H12OS/c1-2-3-6(7)4-5-8/h5-7H,2-4H2,1H3. The van der Waals surface area contributed by atoms with Crippen molar-refractivity contribution in [2.75, 3.05) is 0 Å². The van der Waals surface area contributed by atoms with Crippen LogP contribution in [-0.2, 0) is 0 Å². The molecule has 8 heavy (non-hydrogen) atoms. The van der Waals surface area contributed by atoms with Crippen molar-refractivity contribution in [1.82, 2.24) is 0 Å². The molecule has 0 saturated carbocycles. The maximum Gasteiger partial charge on any atom is 0.0582 e. The van der Waals surface area contributed by atoms with Crippen molar-refractivity contribution in [3.8, 4) is 0 Å². The molecule has 0 fully saturated rings. The van der Waals surface area contributed by atoms with Crippen LogP contribution >= 0.6 is 12.2 Å². The third-order valence-electron chi connectivity index (χ3n) is 0.990. The van der Waals surface area contributed by atoms with E-state index < -0.39 is 0 Å². The van der Waals surface area contributed by atoms with Crippen LogP contribution in [0.25, 0.3) is 0 Å². The van der Waals surface area contributed by atoms with E-state index in [4.69, 9.17) is 5.11 Å². The fourth-order valence-electron chi connectivity index (χ4n) is 0.562. The first-order chi connectivity index (χ1) is 3.81. The van der Waals surface area contributed by atoms with Gasteiger partial charge in [0, 0.05) is 6.42 Å². The van der Waals surface area contributed by atoms with E-state index in [1.54, 1.807) is 5.37 Å². The molecule has 0 spiro atoms. The normalized spacial score (nSPS) is 13.2. The summed E-state index contributed by atoms with van der Waals surface area (Å²) in [7, 11) is 0. The highest BCUT2D eigenvalue weighted by molar-refractivity contribution is 7.78. The molecular weight excluding hydrogens is 120 g/mol. The van der Waals surface area contributed by atoms with Gasteiger partial charge in [0.25, 0.3) is 0 Å². The van der Waals surface area contributed by atoms with Gasteiger partial charge in [0.15, 0.2) is 0 Å². The van der Waals surface area contributed by atoms with Gasteiger partial charge in [-0.05, 0) is 11.8 Å². The number of aliphatic hydroxyl groups excluding tert-OH is 1. The van der Waals surface area contributed by atoms with E-state index in [-0.39, 0.29) is 6.10 Å².